The Morgan fingerprint density at radius 1 is 1.00 bits per heavy atom. The van der Waals surface area contributed by atoms with E-state index >= 15 is 0 Å². The maximum absolute atomic E-state index is 14.6. The molecule has 0 N–H and O–H groups in total. The molecule has 1 amide bonds. The molecule has 0 atom stereocenters. The minimum Gasteiger partial charge on any atom is -0.490 e. The minimum atomic E-state index is -3.52. The van der Waals surface area contributed by atoms with Crippen LogP contribution >= 0.6 is 0 Å². The molecule has 0 aromatic heterocycles. The zero-order chi connectivity index (χ0) is 25.3. The van der Waals surface area contributed by atoms with E-state index in [0.717, 1.165) is 12.3 Å². The van der Waals surface area contributed by atoms with Gasteiger partial charge in [-0.3, -0.25) is 4.79 Å². The van der Waals surface area contributed by atoms with Gasteiger partial charge < -0.3 is 14.5 Å². The topological polar surface area (TPSA) is 101 Å². The summed E-state index contributed by atoms with van der Waals surface area (Å²) >= 11 is 0. The quantitative estimate of drug-likeness (QED) is 0.562. The van der Waals surface area contributed by atoms with Gasteiger partial charge in [0.25, 0.3) is 5.91 Å². The standard InChI is InChI=1S/C23H29FN2O6S2/c1-5-34(30,31)18-7-9-22(32-16(2)3)19(14-18)23(27)26-12-10-25(11-13-26)21-8-6-17(15-20(21)24)33(4,28)29/h6-9,14-16H,5,10-13H2,1-4H3. The molecule has 0 spiro atoms. The predicted molar refractivity (Wildman–Crippen MR) is 128 cm³/mol. The Hall–Kier alpha value is -2.66. The molecule has 8 nitrogen and oxygen atoms in total. The number of ether oxygens (including phenoxy) is 1. The summed E-state index contributed by atoms with van der Waals surface area (Å²) in [5.41, 5.74) is 0.430. The summed E-state index contributed by atoms with van der Waals surface area (Å²) in [5, 5.41) is 0. The van der Waals surface area contributed by atoms with E-state index in [9.17, 15) is 26.0 Å². The molecule has 186 valence electrons. The number of rotatable bonds is 7. The van der Waals surface area contributed by atoms with Gasteiger partial charge in [0.2, 0.25) is 0 Å². The fourth-order valence-corrected chi connectivity index (χ4v) is 5.23. The Morgan fingerprint density at radius 3 is 2.15 bits per heavy atom. The second-order valence-electron chi connectivity index (χ2n) is 8.39. The monoisotopic (exact) mass is 512 g/mol. The Balaban J connectivity index is 1.82. The number of sulfone groups is 2. The molecule has 0 bridgehead atoms. The maximum atomic E-state index is 14.6. The fraction of sp³-hybridized carbons (Fsp3) is 0.435. The van der Waals surface area contributed by atoms with Gasteiger partial charge in [0, 0.05) is 32.4 Å². The second-order valence-corrected chi connectivity index (χ2v) is 12.7. The zero-order valence-corrected chi connectivity index (χ0v) is 21.2. The molecule has 0 radical (unpaired) electrons. The molecule has 1 heterocycles. The summed E-state index contributed by atoms with van der Waals surface area (Å²) in [7, 11) is -7.03. The van der Waals surface area contributed by atoms with E-state index in [-0.39, 0.29) is 51.9 Å². The Bertz CT molecular complexity index is 1280. The molecule has 1 aliphatic rings. The molecule has 0 aliphatic carbocycles. The SMILES string of the molecule is CCS(=O)(=O)c1ccc(OC(C)C)c(C(=O)N2CCN(c3ccc(S(C)(=O)=O)cc3F)CC2)c1. The van der Waals surface area contributed by atoms with Gasteiger partial charge in [0.05, 0.1) is 32.9 Å². The van der Waals surface area contributed by atoms with Crippen LogP contribution in [0.5, 0.6) is 5.75 Å². The van der Waals surface area contributed by atoms with Crippen molar-refractivity contribution in [3.8, 4) is 5.75 Å². The maximum Gasteiger partial charge on any atom is 0.257 e. The van der Waals surface area contributed by atoms with Gasteiger partial charge in [-0.05, 0) is 50.2 Å². The lowest BCUT2D eigenvalue weighted by Gasteiger charge is -2.36. The van der Waals surface area contributed by atoms with E-state index in [1.807, 2.05) is 13.8 Å². The first-order valence-electron chi connectivity index (χ1n) is 10.9. The highest BCUT2D eigenvalue weighted by atomic mass is 32.2. The zero-order valence-electron chi connectivity index (χ0n) is 19.6. The van der Waals surface area contributed by atoms with Crippen LogP contribution in [0.15, 0.2) is 46.2 Å². The van der Waals surface area contributed by atoms with Crippen LogP contribution in [-0.4, -0.2) is 71.9 Å². The van der Waals surface area contributed by atoms with Crippen LogP contribution in [0.1, 0.15) is 31.1 Å². The highest BCUT2D eigenvalue weighted by molar-refractivity contribution is 7.91. The number of amides is 1. The van der Waals surface area contributed by atoms with Crippen molar-refractivity contribution in [2.45, 2.75) is 36.7 Å². The first kappa shape index (κ1) is 26.0. The van der Waals surface area contributed by atoms with Gasteiger partial charge >= 0.3 is 0 Å². The van der Waals surface area contributed by atoms with Crippen molar-refractivity contribution >= 4 is 31.3 Å². The number of carbonyl (C=O) groups excluding carboxylic acids is 1. The third kappa shape index (κ3) is 5.69. The number of halogens is 1. The van der Waals surface area contributed by atoms with Crippen LogP contribution < -0.4 is 9.64 Å². The first-order valence-corrected chi connectivity index (χ1v) is 14.4. The van der Waals surface area contributed by atoms with Crippen molar-refractivity contribution in [3.05, 3.63) is 47.8 Å². The van der Waals surface area contributed by atoms with E-state index in [1.165, 1.54) is 37.3 Å². The van der Waals surface area contributed by atoms with Crippen molar-refractivity contribution in [2.24, 2.45) is 0 Å². The number of hydrogen-bond acceptors (Lipinski definition) is 7. The van der Waals surface area contributed by atoms with Crippen LogP contribution in [0.2, 0.25) is 0 Å². The van der Waals surface area contributed by atoms with Crippen LogP contribution in [-0.2, 0) is 19.7 Å². The Morgan fingerprint density at radius 2 is 1.62 bits per heavy atom. The van der Waals surface area contributed by atoms with Gasteiger partial charge in [-0.2, -0.15) is 0 Å². The molecule has 1 saturated heterocycles. The smallest absolute Gasteiger partial charge is 0.257 e. The lowest BCUT2D eigenvalue weighted by Crippen LogP contribution is -2.49. The van der Waals surface area contributed by atoms with Crippen LogP contribution in [0, 0.1) is 5.82 Å². The van der Waals surface area contributed by atoms with Crippen LogP contribution in [0.3, 0.4) is 0 Å². The normalized spacial score (nSPS) is 15.0. The summed E-state index contributed by atoms with van der Waals surface area (Å²) in [6.45, 7) is 6.37. The van der Waals surface area contributed by atoms with E-state index in [2.05, 4.69) is 0 Å². The van der Waals surface area contributed by atoms with Crippen LogP contribution in [0.4, 0.5) is 10.1 Å². The van der Waals surface area contributed by atoms with E-state index in [0.29, 0.717) is 18.8 Å². The molecular weight excluding hydrogens is 483 g/mol. The van der Waals surface area contributed by atoms with Gasteiger partial charge in [-0.1, -0.05) is 6.92 Å². The van der Waals surface area contributed by atoms with Crippen LogP contribution in [0.25, 0.3) is 0 Å². The molecular formula is C23H29FN2O6S2. The lowest BCUT2D eigenvalue weighted by atomic mass is 10.1. The number of benzene rings is 2. The fourth-order valence-electron chi connectivity index (χ4n) is 3.69. The number of hydrogen-bond donors (Lipinski definition) is 0. The number of carbonyl (C=O) groups is 1. The van der Waals surface area contributed by atoms with Gasteiger partial charge in [-0.25, -0.2) is 21.2 Å². The van der Waals surface area contributed by atoms with Crippen molar-refractivity contribution < 1.29 is 30.8 Å². The van der Waals surface area contributed by atoms with Crippen molar-refractivity contribution in [2.75, 3.05) is 43.1 Å². The molecule has 0 unspecified atom stereocenters. The third-order valence-electron chi connectivity index (χ3n) is 5.54. The lowest BCUT2D eigenvalue weighted by molar-refractivity contribution is 0.0740. The minimum absolute atomic E-state index is 0.0566. The molecule has 2 aromatic rings. The van der Waals surface area contributed by atoms with E-state index < -0.39 is 25.5 Å². The Labute approximate surface area is 200 Å². The molecule has 11 heteroatoms. The summed E-state index contributed by atoms with van der Waals surface area (Å²) in [6, 6.07) is 8.09. The average molecular weight is 513 g/mol. The summed E-state index contributed by atoms with van der Waals surface area (Å²) in [4.78, 5) is 16.6. The summed E-state index contributed by atoms with van der Waals surface area (Å²) < 4.78 is 68.4. The van der Waals surface area contributed by atoms with Gasteiger partial charge in [0.1, 0.15) is 11.6 Å². The number of anilines is 1. The molecule has 2 aromatic carbocycles. The highest BCUT2D eigenvalue weighted by Gasteiger charge is 2.27. The second kappa shape index (κ2) is 9.91. The molecule has 1 fully saturated rings. The number of nitrogens with zero attached hydrogens (tertiary/aromatic N) is 2. The Kier molecular flexibility index (Phi) is 7.56. The van der Waals surface area contributed by atoms with Crippen molar-refractivity contribution in [3.63, 3.8) is 0 Å². The summed E-state index contributed by atoms with van der Waals surface area (Å²) in [5.74, 6) is -0.795. The molecule has 1 aliphatic heterocycles. The molecule has 34 heavy (non-hydrogen) atoms. The van der Waals surface area contributed by atoms with E-state index in [1.54, 1.807) is 9.80 Å². The highest BCUT2D eigenvalue weighted by Crippen LogP contribution is 2.28. The molecule has 3 rings (SSSR count). The predicted octanol–water partition coefficient (Wildman–Crippen LogP) is 2.77. The summed E-state index contributed by atoms with van der Waals surface area (Å²) in [6.07, 6.45) is 0.805. The van der Waals surface area contributed by atoms with Crippen molar-refractivity contribution in [1.29, 1.82) is 0 Å². The number of piperazine rings is 1. The van der Waals surface area contributed by atoms with Gasteiger partial charge in [-0.15, -0.1) is 0 Å². The van der Waals surface area contributed by atoms with E-state index in [4.69, 9.17) is 4.74 Å². The van der Waals surface area contributed by atoms with Crippen molar-refractivity contribution in [1.82, 2.24) is 4.90 Å². The molecule has 0 saturated carbocycles. The average Bonchev–Trinajstić information content (AvgIpc) is 2.78. The largest absolute Gasteiger partial charge is 0.490 e. The first-order chi connectivity index (χ1) is 15.8. The third-order valence-corrected chi connectivity index (χ3v) is 8.38. The van der Waals surface area contributed by atoms with Gasteiger partial charge in [0.15, 0.2) is 19.7 Å².